The zero-order chi connectivity index (χ0) is 21.4. The molecule has 0 bridgehead atoms. The van der Waals surface area contributed by atoms with Crippen LogP contribution in [0.15, 0.2) is 42.5 Å². The lowest BCUT2D eigenvalue weighted by molar-refractivity contribution is 0.588. The number of hydrogen-bond acceptors (Lipinski definition) is 5. The molecule has 0 unspecified atom stereocenters. The molecular formula is C22H22F2N6. The van der Waals surface area contributed by atoms with Crippen LogP contribution in [0, 0.1) is 24.5 Å². The molecule has 0 aliphatic heterocycles. The Labute approximate surface area is 172 Å². The summed E-state index contributed by atoms with van der Waals surface area (Å²) >= 11 is 0. The number of hydrogen-bond donors (Lipinski definition) is 2. The third-order valence-corrected chi connectivity index (χ3v) is 4.67. The van der Waals surface area contributed by atoms with Gasteiger partial charge < -0.3 is 11.1 Å². The number of nitrogens with zero attached hydrogens (tertiary/aromatic N) is 4. The average Bonchev–Trinajstić information content (AvgIpc) is 3.04. The number of aromatic nitrogens is 4. The molecule has 4 rings (SSSR count). The van der Waals surface area contributed by atoms with Gasteiger partial charge in [0, 0.05) is 18.2 Å². The van der Waals surface area contributed by atoms with Gasteiger partial charge >= 0.3 is 0 Å². The first-order valence-corrected chi connectivity index (χ1v) is 9.66. The second kappa shape index (κ2) is 7.70. The highest BCUT2D eigenvalue weighted by Crippen LogP contribution is 2.33. The first-order valence-electron chi connectivity index (χ1n) is 9.66. The summed E-state index contributed by atoms with van der Waals surface area (Å²) in [5, 5.41) is 8.06. The number of halogens is 2. The molecule has 154 valence electrons. The van der Waals surface area contributed by atoms with Gasteiger partial charge in [-0.05, 0) is 31.0 Å². The van der Waals surface area contributed by atoms with Crippen LogP contribution in [0.25, 0.3) is 28.0 Å². The summed E-state index contributed by atoms with van der Waals surface area (Å²) in [6, 6.07) is 10.9. The first kappa shape index (κ1) is 19.8. The van der Waals surface area contributed by atoms with Crippen LogP contribution in [0.3, 0.4) is 0 Å². The Morgan fingerprint density at radius 1 is 1.10 bits per heavy atom. The average molecular weight is 408 g/mol. The standard InChI is InChI=1S/C22H22F2N6/c1-12(2)11-26-22-27-19(14-6-4-5-13(3)9-14)18-20(25)30(29-21(18)28-22)17-10-15(23)7-8-16(17)24/h4-10,12H,11,25H2,1-3H3,(H,26,28,29). The van der Waals surface area contributed by atoms with Gasteiger partial charge in [0.1, 0.15) is 23.1 Å². The molecule has 8 heteroatoms. The molecule has 3 N–H and O–H groups in total. The molecule has 30 heavy (non-hydrogen) atoms. The van der Waals surface area contributed by atoms with Crippen LogP contribution in [0.2, 0.25) is 0 Å². The highest BCUT2D eigenvalue weighted by atomic mass is 19.1. The van der Waals surface area contributed by atoms with Crippen LogP contribution in [0.4, 0.5) is 20.5 Å². The van der Waals surface area contributed by atoms with Crippen LogP contribution in [0.5, 0.6) is 0 Å². The van der Waals surface area contributed by atoms with Gasteiger partial charge in [-0.3, -0.25) is 0 Å². The third kappa shape index (κ3) is 3.68. The maximum absolute atomic E-state index is 14.4. The minimum atomic E-state index is -0.640. The Bertz CT molecular complexity index is 1230. The SMILES string of the molecule is Cc1cccc(-c2nc(NCC(C)C)nc3nn(-c4cc(F)ccc4F)c(N)c23)c1. The predicted octanol–water partition coefficient (Wildman–Crippen LogP) is 4.72. The number of nitrogen functional groups attached to an aromatic ring is 1. The molecule has 0 saturated carbocycles. The van der Waals surface area contributed by atoms with Crippen molar-refractivity contribution >= 4 is 22.8 Å². The predicted molar refractivity (Wildman–Crippen MR) is 114 cm³/mol. The first-order chi connectivity index (χ1) is 14.3. The molecule has 0 aliphatic carbocycles. The van der Waals surface area contributed by atoms with E-state index < -0.39 is 11.6 Å². The Kier molecular flexibility index (Phi) is 5.07. The monoisotopic (exact) mass is 408 g/mol. The second-order valence-electron chi connectivity index (χ2n) is 7.63. The summed E-state index contributed by atoms with van der Waals surface area (Å²) in [5.74, 6) is -0.303. The fourth-order valence-electron chi connectivity index (χ4n) is 3.22. The van der Waals surface area contributed by atoms with Gasteiger partial charge in [-0.25, -0.2) is 18.4 Å². The molecule has 2 heterocycles. The molecule has 0 fully saturated rings. The molecule has 0 aliphatic rings. The van der Waals surface area contributed by atoms with Gasteiger partial charge in [-0.2, -0.15) is 4.98 Å². The second-order valence-corrected chi connectivity index (χ2v) is 7.63. The lowest BCUT2D eigenvalue weighted by Crippen LogP contribution is -2.11. The van der Waals surface area contributed by atoms with Gasteiger partial charge in [0.2, 0.25) is 5.95 Å². The maximum atomic E-state index is 14.4. The highest BCUT2D eigenvalue weighted by molar-refractivity contribution is 5.99. The molecule has 0 amide bonds. The molecular weight excluding hydrogens is 386 g/mol. The van der Waals surface area contributed by atoms with Crippen LogP contribution in [-0.2, 0) is 0 Å². The zero-order valence-corrected chi connectivity index (χ0v) is 16.9. The van der Waals surface area contributed by atoms with Crippen molar-refractivity contribution in [3.8, 4) is 16.9 Å². The molecule has 0 radical (unpaired) electrons. The summed E-state index contributed by atoms with van der Waals surface area (Å²) in [6.45, 7) is 6.81. The summed E-state index contributed by atoms with van der Waals surface area (Å²) in [4.78, 5) is 9.13. The lowest BCUT2D eigenvalue weighted by Gasteiger charge is -2.10. The zero-order valence-electron chi connectivity index (χ0n) is 16.9. The fraction of sp³-hybridized carbons (Fsp3) is 0.227. The van der Waals surface area contributed by atoms with E-state index >= 15 is 0 Å². The summed E-state index contributed by atoms with van der Waals surface area (Å²) in [7, 11) is 0. The molecule has 4 aromatic rings. The van der Waals surface area contributed by atoms with Crippen molar-refractivity contribution in [3.05, 3.63) is 59.7 Å². The molecule has 0 atom stereocenters. The van der Waals surface area contributed by atoms with Crippen molar-refractivity contribution in [2.24, 2.45) is 5.92 Å². The van der Waals surface area contributed by atoms with Crippen molar-refractivity contribution < 1.29 is 8.78 Å². The molecule has 0 spiro atoms. The van der Waals surface area contributed by atoms with Crippen molar-refractivity contribution in [1.82, 2.24) is 19.7 Å². The number of aryl methyl sites for hydroxylation is 1. The van der Waals surface area contributed by atoms with Crippen LogP contribution >= 0.6 is 0 Å². The van der Waals surface area contributed by atoms with Gasteiger partial charge in [-0.1, -0.05) is 37.6 Å². The number of rotatable bonds is 5. The summed E-state index contributed by atoms with van der Waals surface area (Å²) < 4.78 is 29.3. The van der Waals surface area contributed by atoms with Crippen molar-refractivity contribution in [1.29, 1.82) is 0 Å². The summed E-state index contributed by atoms with van der Waals surface area (Å²) in [5.41, 5.74) is 9.03. The van der Waals surface area contributed by atoms with E-state index in [1.54, 1.807) is 0 Å². The minimum absolute atomic E-state index is 0.0858. The van der Waals surface area contributed by atoms with E-state index in [4.69, 9.17) is 5.73 Å². The van der Waals surface area contributed by atoms with E-state index in [1.807, 2.05) is 31.2 Å². The quantitative estimate of drug-likeness (QED) is 0.499. The number of benzene rings is 2. The lowest BCUT2D eigenvalue weighted by atomic mass is 10.1. The highest BCUT2D eigenvalue weighted by Gasteiger charge is 2.21. The Morgan fingerprint density at radius 2 is 1.90 bits per heavy atom. The van der Waals surface area contributed by atoms with Crippen molar-refractivity contribution in [2.45, 2.75) is 20.8 Å². The Hall–Kier alpha value is -3.55. The van der Waals surface area contributed by atoms with Gasteiger partial charge in [0.05, 0.1) is 11.1 Å². The van der Waals surface area contributed by atoms with E-state index in [9.17, 15) is 8.78 Å². The Morgan fingerprint density at radius 3 is 2.63 bits per heavy atom. The Balaban J connectivity index is 1.97. The van der Waals surface area contributed by atoms with Crippen LogP contribution in [0.1, 0.15) is 19.4 Å². The van der Waals surface area contributed by atoms with Crippen LogP contribution < -0.4 is 11.1 Å². The fourth-order valence-corrected chi connectivity index (χ4v) is 3.22. The molecule has 2 aromatic carbocycles. The maximum Gasteiger partial charge on any atom is 0.225 e. The van der Waals surface area contributed by atoms with Crippen molar-refractivity contribution in [2.75, 3.05) is 17.6 Å². The van der Waals surface area contributed by atoms with E-state index in [-0.39, 0.29) is 11.5 Å². The summed E-state index contributed by atoms with van der Waals surface area (Å²) in [6.07, 6.45) is 0. The van der Waals surface area contributed by atoms with Crippen molar-refractivity contribution in [3.63, 3.8) is 0 Å². The number of anilines is 2. The smallest absolute Gasteiger partial charge is 0.225 e. The normalized spacial score (nSPS) is 11.4. The molecule has 0 saturated heterocycles. The topological polar surface area (TPSA) is 81.7 Å². The van der Waals surface area contributed by atoms with E-state index in [2.05, 4.69) is 34.2 Å². The molecule has 2 aromatic heterocycles. The van der Waals surface area contributed by atoms with Gasteiger partial charge in [-0.15, -0.1) is 5.10 Å². The number of fused-ring (bicyclic) bond motifs is 1. The van der Waals surface area contributed by atoms with Gasteiger partial charge in [0.15, 0.2) is 5.65 Å². The van der Waals surface area contributed by atoms with E-state index in [1.165, 1.54) is 4.68 Å². The minimum Gasteiger partial charge on any atom is -0.383 e. The van der Waals surface area contributed by atoms with Crippen LogP contribution in [-0.4, -0.2) is 26.3 Å². The third-order valence-electron chi connectivity index (χ3n) is 4.67. The van der Waals surface area contributed by atoms with E-state index in [0.29, 0.717) is 35.1 Å². The van der Waals surface area contributed by atoms with E-state index in [0.717, 1.165) is 29.3 Å². The van der Waals surface area contributed by atoms with Gasteiger partial charge in [0.25, 0.3) is 0 Å². The number of nitrogens with two attached hydrogens (primary N) is 1. The largest absolute Gasteiger partial charge is 0.383 e. The molecule has 6 nitrogen and oxygen atoms in total. The number of nitrogens with one attached hydrogen (secondary N) is 1.